The Labute approximate surface area is 145 Å². The summed E-state index contributed by atoms with van der Waals surface area (Å²) in [7, 11) is -7.13. The van der Waals surface area contributed by atoms with Gasteiger partial charge in [-0.25, -0.2) is 13.7 Å². The van der Waals surface area contributed by atoms with Crippen molar-refractivity contribution < 1.29 is 31.1 Å². The normalized spacial score (nSPS) is 13.1. The number of amidine groups is 1. The molecule has 1 aromatic carbocycles. The van der Waals surface area contributed by atoms with Gasteiger partial charge in [-0.1, -0.05) is 37.8 Å². The standard InChI is InChI=1S/C12H20N2SSi.CHF3O3S/c1-15-12(13-10-16(2,3)4)14-11-8-6-5-7-9-11;2-1(3,4)8(5,6)7/h5-9H,10H2,1-4H3,(H,13,14);(H,5,6,7). The van der Waals surface area contributed by atoms with Gasteiger partial charge in [0.05, 0.1) is 14.2 Å². The molecule has 5 nitrogen and oxygen atoms in total. The number of benzene rings is 1. The number of alkyl halides is 3. The number of hydrogen-bond donors (Lipinski definition) is 2. The molecule has 0 heterocycles. The second-order valence-corrected chi connectivity index (χ2v) is 13.5. The van der Waals surface area contributed by atoms with Gasteiger partial charge in [0.25, 0.3) is 0 Å². The molecule has 1 rings (SSSR count). The van der Waals surface area contributed by atoms with Crippen LogP contribution in [0.4, 0.5) is 18.9 Å². The van der Waals surface area contributed by atoms with Gasteiger partial charge in [-0.2, -0.15) is 13.2 Å². The fourth-order valence-electron chi connectivity index (χ4n) is 1.17. The van der Waals surface area contributed by atoms with Gasteiger partial charge in [-0.15, -0.1) is 0 Å². The van der Waals surface area contributed by atoms with E-state index in [-0.39, 0.29) is 0 Å². The Morgan fingerprint density at radius 1 is 1.25 bits per heavy atom. The van der Waals surface area contributed by atoms with Gasteiger partial charge in [-0.3, -0.25) is 4.99 Å². The molecule has 0 aliphatic carbocycles. The van der Waals surface area contributed by atoms with Gasteiger partial charge in [0.2, 0.25) is 0 Å². The maximum atomic E-state index is 10.7. The van der Waals surface area contributed by atoms with Crippen LogP contribution in [0.3, 0.4) is 0 Å². The van der Waals surface area contributed by atoms with E-state index in [9.17, 15) is 13.2 Å². The van der Waals surface area contributed by atoms with Crippen LogP contribution in [0, 0.1) is 0 Å². The Morgan fingerprint density at radius 3 is 2.04 bits per heavy atom. The molecule has 11 heteroatoms. The summed E-state index contributed by atoms with van der Waals surface area (Å²) in [6.07, 6.45) is 3.19. The second-order valence-electron chi connectivity index (χ2n) is 5.84. The number of thioether (sulfide) groups is 1. The number of halogens is 3. The summed E-state index contributed by atoms with van der Waals surface area (Å²) in [5, 5.41) is 4.52. The van der Waals surface area contributed by atoms with Crippen molar-refractivity contribution in [3.8, 4) is 0 Å². The number of para-hydroxylation sites is 1. The predicted octanol–water partition coefficient (Wildman–Crippen LogP) is 1.83. The summed E-state index contributed by atoms with van der Waals surface area (Å²) >= 11 is 1.72. The van der Waals surface area contributed by atoms with Crippen LogP contribution in [-0.4, -0.2) is 44.1 Å². The van der Waals surface area contributed by atoms with Gasteiger partial charge < -0.3 is 4.55 Å². The van der Waals surface area contributed by atoms with E-state index < -0.39 is 23.7 Å². The molecule has 0 saturated heterocycles. The van der Waals surface area contributed by atoms with Gasteiger partial charge in [0, 0.05) is 0 Å². The molecule has 1 aromatic rings. The van der Waals surface area contributed by atoms with Gasteiger partial charge in [0.1, 0.15) is 5.69 Å². The summed E-state index contributed by atoms with van der Waals surface area (Å²) < 4.78 is 58.9. The predicted molar refractivity (Wildman–Crippen MR) is 93.5 cm³/mol. The minimum Gasteiger partial charge on any atom is -0.741 e. The van der Waals surface area contributed by atoms with Crippen LogP contribution in [0.5, 0.6) is 0 Å². The molecule has 0 saturated carbocycles. The summed E-state index contributed by atoms with van der Waals surface area (Å²) in [5.74, 6) is 0. The van der Waals surface area contributed by atoms with E-state index in [4.69, 9.17) is 13.0 Å². The highest BCUT2D eigenvalue weighted by molar-refractivity contribution is 8.13. The maximum absolute atomic E-state index is 10.7. The topological polar surface area (TPSA) is 83.2 Å². The minimum absolute atomic E-state index is 1.04. The van der Waals surface area contributed by atoms with Crippen molar-refractivity contribution in [3.63, 3.8) is 0 Å². The third-order valence-corrected chi connectivity index (χ3v) is 4.76. The molecule has 138 valence electrons. The molecule has 0 spiro atoms. The van der Waals surface area contributed by atoms with E-state index in [0.717, 1.165) is 17.0 Å². The average Bonchev–Trinajstić information content (AvgIpc) is 2.42. The van der Waals surface area contributed by atoms with E-state index in [1.54, 1.807) is 11.8 Å². The highest BCUT2D eigenvalue weighted by Gasteiger charge is 2.36. The fourth-order valence-corrected chi connectivity index (χ4v) is 2.44. The van der Waals surface area contributed by atoms with Crippen molar-refractivity contribution >= 4 is 40.8 Å². The molecule has 0 atom stereocenters. The molecule has 24 heavy (non-hydrogen) atoms. The van der Waals surface area contributed by atoms with Crippen LogP contribution in [0.2, 0.25) is 19.6 Å². The van der Waals surface area contributed by atoms with Crippen molar-refractivity contribution in [1.82, 2.24) is 0 Å². The molecule has 2 N–H and O–H groups in total. The van der Waals surface area contributed by atoms with Gasteiger partial charge in [-0.05, 0) is 30.2 Å². The molecule has 0 amide bonds. The monoisotopic (exact) mass is 402 g/mol. The zero-order valence-corrected chi connectivity index (χ0v) is 16.4. The van der Waals surface area contributed by atoms with Crippen LogP contribution in [0.1, 0.15) is 0 Å². The highest BCUT2D eigenvalue weighted by Crippen LogP contribution is 2.20. The molecule has 0 aliphatic heterocycles. The first-order valence-electron chi connectivity index (χ1n) is 6.75. The van der Waals surface area contributed by atoms with Crippen LogP contribution in [0.15, 0.2) is 30.3 Å². The highest BCUT2D eigenvalue weighted by atomic mass is 32.2. The quantitative estimate of drug-likeness (QED) is 0.265. The van der Waals surface area contributed by atoms with Gasteiger partial charge >= 0.3 is 10.7 Å². The average molecular weight is 403 g/mol. The van der Waals surface area contributed by atoms with E-state index in [1.807, 2.05) is 18.2 Å². The lowest BCUT2D eigenvalue weighted by molar-refractivity contribution is -0.434. The molecule has 0 bridgehead atoms. The number of rotatable bonds is 3. The van der Waals surface area contributed by atoms with Crippen LogP contribution < -0.4 is 10.3 Å². The summed E-state index contributed by atoms with van der Waals surface area (Å²) in [6, 6.07) is 10.3. The molecule has 0 aliphatic rings. The molecular weight excluding hydrogens is 381 g/mol. The van der Waals surface area contributed by atoms with Crippen LogP contribution in [0.25, 0.3) is 0 Å². The zero-order chi connectivity index (χ0) is 19.0. The molecule has 0 radical (unpaired) electrons. The van der Waals surface area contributed by atoms with E-state index in [2.05, 4.69) is 48.3 Å². The van der Waals surface area contributed by atoms with Crippen molar-refractivity contribution in [2.75, 3.05) is 17.7 Å². The first-order chi connectivity index (χ1) is 10.8. The molecular formula is C13H21F3N2O3S2Si. The Hall–Kier alpha value is -1.04. The maximum Gasteiger partial charge on any atom is 0.485 e. The lowest BCUT2D eigenvalue weighted by Crippen LogP contribution is -2.79. The SMILES string of the molecule is CS/C(Nc1ccccc1)=[NH+]\C[Si](C)(C)C.O=S(=O)([O-])C(F)(F)F. The Kier molecular flexibility index (Phi) is 9.03. The first kappa shape index (κ1) is 23.0. The van der Waals surface area contributed by atoms with E-state index in [0.29, 0.717) is 0 Å². The van der Waals surface area contributed by atoms with Crippen molar-refractivity contribution in [2.24, 2.45) is 0 Å². The minimum atomic E-state index is -6.09. The van der Waals surface area contributed by atoms with E-state index in [1.165, 1.54) is 0 Å². The Balaban J connectivity index is 0.000000561. The fraction of sp³-hybridized carbons (Fsp3) is 0.462. The van der Waals surface area contributed by atoms with Crippen LogP contribution >= 0.6 is 11.8 Å². The Morgan fingerprint density at radius 2 is 1.71 bits per heavy atom. The third kappa shape index (κ3) is 10.7. The first-order valence-corrected chi connectivity index (χ1v) is 13.1. The molecule has 0 fully saturated rings. The number of hydrogen-bond acceptors (Lipinski definition) is 4. The van der Waals surface area contributed by atoms with Crippen LogP contribution in [-0.2, 0) is 10.1 Å². The summed E-state index contributed by atoms with van der Waals surface area (Å²) in [6.45, 7) is 7.08. The van der Waals surface area contributed by atoms with Crippen molar-refractivity contribution in [2.45, 2.75) is 25.1 Å². The molecule has 0 aromatic heterocycles. The summed E-state index contributed by atoms with van der Waals surface area (Å²) in [4.78, 5) is 3.49. The molecule has 0 unspecified atom stereocenters. The van der Waals surface area contributed by atoms with Crippen molar-refractivity contribution in [3.05, 3.63) is 30.3 Å². The number of anilines is 1. The third-order valence-electron chi connectivity index (χ3n) is 2.30. The largest absolute Gasteiger partial charge is 0.741 e. The van der Waals surface area contributed by atoms with E-state index >= 15 is 0 Å². The smallest absolute Gasteiger partial charge is 0.485 e. The lowest BCUT2D eigenvalue weighted by atomic mass is 10.3. The Bertz CT molecular complexity index is 630. The summed E-state index contributed by atoms with van der Waals surface area (Å²) in [5.41, 5.74) is -4.51. The lowest BCUT2D eigenvalue weighted by Gasteiger charge is -2.10. The zero-order valence-electron chi connectivity index (χ0n) is 13.8. The van der Waals surface area contributed by atoms with Gasteiger partial charge in [0.15, 0.2) is 10.1 Å². The van der Waals surface area contributed by atoms with Crippen molar-refractivity contribution in [1.29, 1.82) is 0 Å². The second kappa shape index (κ2) is 9.44. The number of nitrogens with one attached hydrogen (secondary N) is 2.